The number of aliphatic imine (C=N–C) groups is 1. The summed E-state index contributed by atoms with van der Waals surface area (Å²) >= 11 is 0. The number of benzene rings is 1. The van der Waals surface area contributed by atoms with E-state index in [1.54, 1.807) is 11.6 Å². The molecule has 2 fully saturated rings. The number of fused-ring (bicyclic) bond motifs is 1. The van der Waals surface area contributed by atoms with Gasteiger partial charge in [-0.05, 0) is 50.1 Å². The van der Waals surface area contributed by atoms with Crippen LogP contribution in [0.15, 0.2) is 41.5 Å². The molecule has 2 aromatic heterocycles. The van der Waals surface area contributed by atoms with Gasteiger partial charge in [-0.15, -0.1) is 0 Å². The number of aryl methyl sites for hydroxylation is 1. The number of rotatable bonds is 5. The lowest BCUT2D eigenvalue weighted by Crippen LogP contribution is -2.47. The fourth-order valence-corrected chi connectivity index (χ4v) is 4.21. The van der Waals surface area contributed by atoms with E-state index in [4.69, 9.17) is 4.99 Å². The fraction of sp³-hybridized carbons (Fsp3) is 0.391. The number of nitrogens with zero attached hydrogens (tertiary/aromatic N) is 6. The number of hydrogen-bond donors (Lipinski definition) is 1. The summed E-state index contributed by atoms with van der Waals surface area (Å²) in [4.78, 5) is 25.9. The van der Waals surface area contributed by atoms with E-state index in [0.29, 0.717) is 22.8 Å². The Kier molecular flexibility index (Phi) is 5.15. The van der Waals surface area contributed by atoms with Crippen molar-refractivity contribution in [3.05, 3.63) is 53.5 Å². The first kappa shape index (κ1) is 19.7. The highest BCUT2D eigenvalue weighted by atomic mass is 16.1. The molecule has 1 N–H and O–H groups in total. The van der Waals surface area contributed by atoms with E-state index in [9.17, 15) is 4.79 Å². The molecule has 5 rings (SSSR count). The van der Waals surface area contributed by atoms with Crippen molar-refractivity contribution in [3.8, 4) is 0 Å². The van der Waals surface area contributed by atoms with Gasteiger partial charge in [0, 0.05) is 50.5 Å². The van der Waals surface area contributed by atoms with Crippen LogP contribution in [0, 0.1) is 6.92 Å². The first-order valence-electron chi connectivity index (χ1n) is 10.8. The van der Waals surface area contributed by atoms with E-state index >= 15 is 0 Å². The molecule has 1 aliphatic heterocycles. The SMILES string of the molecule is CN/C(=N\c1ccc(N2CCN(C3CC3)CC2)cc1C=O)c1ccc2nc(C)cn2n1. The van der Waals surface area contributed by atoms with Crippen LogP contribution in [0.2, 0.25) is 0 Å². The number of carbonyl (C=O) groups excluding carboxylic acids is 1. The molecule has 1 saturated carbocycles. The van der Waals surface area contributed by atoms with E-state index in [2.05, 4.69) is 31.3 Å². The molecule has 2 aliphatic rings. The van der Waals surface area contributed by atoms with E-state index < -0.39 is 0 Å². The monoisotopic (exact) mass is 417 g/mol. The zero-order valence-corrected chi connectivity index (χ0v) is 18.0. The van der Waals surface area contributed by atoms with E-state index in [1.807, 2.05) is 37.4 Å². The highest BCUT2D eigenvalue weighted by molar-refractivity contribution is 6.00. The van der Waals surface area contributed by atoms with Gasteiger partial charge in [0.25, 0.3) is 0 Å². The standard InChI is InChI=1S/C23H27N7O/c1-16-14-30-22(25-16)8-7-21(27-30)23(24-2)26-20-6-5-19(13-17(20)15-31)29-11-9-28(10-12-29)18-3-4-18/h5-8,13-15,18H,3-4,9-12H2,1-2H3,(H,24,26). The Morgan fingerprint density at radius 1 is 1.16 bits per heavy atom. The van der Waals surface area contributed by atoms with E-state index in [-0.39, 0.29) is 0 Å². The Hall–Kier alpha value is -3.26. The number of carbonyl (C=O) groups is 1. The lowest BCUT2D eigenvalue weighted by Gasteiger charge is -2.36. The topological polar surface area (TPSA) is 78.1 Å². The highest BCUT2D eigenvalue weighted by Crippen LogP contribution is 2.30. The zero-order valence-electron chi connectivity index (χ0n) is 18.0. The second kappa shape index (κ2) is 8.11. The minimum absolute atomic E-state index is 0.578. The first-order chi connectivity index (χ1) is 15.1. The molecule has 1 aliphatic carbocycles. The predicted octanol–water partition coefficient (Wildman–Crippen LogP) is 2.43. The summed E-state index contributed by atoms with van der Waals surface area (Å²) in [7, 11) is 1.80. The summed E-state index contributed by atoms with van der Waals surface area (Å²) in [5, 5.41) is 7.71. The molecule has 1 saturated heterocycles. The Labute approximate surface area is 181 Å². The van der Waals surface area contributed by atoms with Crippen molar-refractivity contribution < 1.29 is 4.79 Å². The molecule has 3 aromatic rings. The van der Waals surface area contributed by atoms with Crippen molar-refractivity contribution in [1.29, 1.82) is 0 Å². The number of anilines is 1. The summed E-state index contributed by atoms with van der Waals surface area (Å²) in [6, 6.07) is 10.5. The van der Waals surface area contributed by atoms with Crippen LogP contribution in [0.3, 0.4) is 0 Å². The maximum Gasteiger partial charge on any atom is 0.154 e. The van der Waals surface area contributed by atoms with Crippen LogP contribution in [-0.4, -0.2) is 70.9 Å². The third kappa shape index (κ3) is 4.03. The second-order valence-electron chi connectivity index (χ2n) is 8.23. The van der Waals surface area contributed by atoms with E-state index in [0.717, 1.165) is 55.5 Å². The van der Waals surface area contributed by atoms with Gasteiger partial charge >= 0.3 is 0 Å². The van der Waals surface area contributed by atoms with Gasteiger partial charge < -0.3 is 10.2 Å². The van der Waals surface area contributed by atoms with Crippen molar-refractivity contribution in [3.63, 3.8) is 0 Å². The average Bonchev–Trinajstić information content (AvgIpc) is 3.58. The van der Waals surface area contributed by atoms with Gasteiger partial charge in [0.15, 0.2) is 17.8 Å². The van der Waals surface area contributed by atoms with Crippen LogP contribution in [0.25, 0.3) is 5.65 Å². The van der Waals surface area contributed by atoms with Crippen molar-refractivity contribution in [2.24, 2.45) is 4.99 Å². The minimum Gasteiger partial charge on any atom is -0.371 e. The first-order valence-corrected chi connectivity index (χ1v) is 10.8. The molecule has 3 heterocycles. The predicted molar refractivity (Wildman–Crippen MR) is 122 cm³/mol. The van der Waals surface area contributed by atoms with Gasteiger partial charge in [-0.2, -0.15) is 5.10 Å². The third-order valence-corrected chi connectivity index (χ3v) is 6.03. The molecule has 1 aromatic carbocycles. The molecule has 160 valence electrons. The van der Waals surface area contributed by atoms with Crippen molar-refractivity contribution in [2.75, 3.05) is 38.1 Å². The Balaban J connectivity index is 1.40. The summed E-state index contributed by atoms with van der Waals surface area (Å²) < 4.78 is 1.74. The maximum absolute atomic E-state index is 11.9. The van der Waals surface area contributed by atoms with Crippen LogP contribution in [0.5, 0.6) is 0 Å². The van der Waals surface area contributed by atoms with Gasteiger partial charge in [-0.1, -0.05) is 0 Å². The van der Waals surface area contributed by atoms with Crippen LogP contribution in [0.1, 0.15) is 34.6 Å². The van der Waals surface area contributed by atoms with Crippen LogP contribution < -0.4 is 10.2 Å². The van der Waals surface area contributed by atoms with Crippen LogP contribution >= 0.6 is 0 Å². The quantitative estimate of drug-likeness (QED) is 0.390. The summed E-state index contributed by atoms with van der Waals surface area (Å²) in [6.45, 7) is 6.10. The third-order valence-electron chi connectivity index (χ3n) is 6.03. The highest BCUT2D eigenvalue weighted by Gasteiger charge is 2.31. The Morgan fingerprint density at radius 2 is 1.97 bits per heavy atom. The molecule has 31 heavy (non-hydrogen) atoms. The van der Waals surface area contributed by atoms with Gasteiger partial charge in [0.05, 0.1) is 17.6 Å². The molecular weight excluding hydrogens is 390 g/mol. The molecular formula is C23H27N7O. The Bertz CT molecular complexity index is 1140. The maximum atomic E-state index is 11.9. The van der Waals surface area contributed by atoms with Crippen molar-refractivity contribution in [1.82, 2.24) is 24.8 Å². The van der Waals surface area contributed by atoms with Crippen LogP contribution in [-0.2, 0) is 0 Å². The van der Waals surface area contributed by atoms with Gasteiger partial charge in [-0.3, -0.25) is 9.69 Å². The molecule has 0 bridgehead atoms. The minimum atomic E-state index is 0.578. The average molecular weight is 418 g/mol. The summed E-state index contributed by atoms with van der Waals surface area (Å²) in [5.74, 6) is 0.599. The molecule has 0 radical (unpaired) electrons. The number of aromatic nitrogens is 3. The van der Waals surface area contributed by atoms with Crippen molar-refractivity contribution >= 4 is 29.1 Å². The molecule has 0 atom stereocenters. The fourth-order valence-electron chi connectivity index (χ4n) is 4.21. The number of piperazine rings is 1. The van der Waals surface area contributed by atoms with E-state index in [1.165, 1.54) is 12.8 Å². The second-order valence-corrected chi connectivity index (χ2v) is 8.23. The van der Waals surface area contributed by atoms with Gasteiger partial charge in [-0.25, -0.2) is 14.5 Å². The normalized spacial score (nSPS) is 17.9. The molecule has 0 spiro atoms. The van der Waals surface area contributed by atoms with Gasteiger partial charge in [0.1, 0.15) is 5.69 Å². The largest absolute Gasteiger partial charge is 0.371 e. The number of aldehydes is 1. The molecule has 8 nitrogen and oxygen atoms in total. The Morgan fingerprint density at radius 3 is 2.68 bits per heavy atom. The summed E-state index contributed by atoms with van der Waals surface area (Å²) in [6.07, 6.45) is 5.45. The van der Waals surface area contributed by atoms with Crippen LogP contribution in [0.4, 0.5) is 11.4 Å². The number of imidazole rings is 1. The lowest BCUT2D eigenvalue weighted by atomic mass is 10.1. The lowest BCUT2D eigenvalue weighted by molar-refractivity contribution is 0.112. The zero-order chi connectivity index (χ0) is 21.4. The number of hydrogen-bond acceptors (Lipinski definition) is 6. The molecule has 0 amide bonds. The van der Waals surface area contributed by atoms with Gasteiger partial charge in [0.2, 0.25) is 0 Å². The number of amidine groups is 1. The number of nitrogens with one attached hydrogen (secondary N) is 1. The molecule has 8 heteroatoms. The smallest absolute Gasteiger partial charge is 0.154 e. The molecule has 0 unspecified atom stereocenters. The van der Waals surface area contributed by atoms with Crippen molar-refractivity contribution in [2.45, 2.75) is 25.8 Å². The summed E-state index contributed by atoms with van der Waals surface area (Å²) in [5.41, 5.74) is 4.67.